The van der Waals surface area contributed by atoms with Gasteiger partial charge < -0.3 is 10.2 Å². The molecule has 2 heterocycles. The van der Waals surface area contributed by atoms with Gasteiger partial charge in [-0.1, -0.05) is 30.3 Å². The highest BCUT2D eigenvalue weighted by Crippen LogP contribution is 2.09. The van der Waals surface area contributed by atoms with Gasteiger partial charge in [0, 0.05) is 39.3 Å². The molecule has 0 unspecified atom stereocenters. The van der Waals surface area contributed by atoms with Crippen LogP contribution in [0, 0.1) is 0 Å². The van der Waals surface area contributed by atoms with Crippen molar-refractivity contribution in [2.24, 2.45) is 4.99 Å². The molecule has 18 heavy (non-hydrogen) atoms. The van der Waals surface area contributed by atoms with Crippen LogP contribution in [-0.2, 0) is 6.54 Å². The minimum absolute atomic E-state index is 0.930. The first kappa shape index (κ1) is 11.5. The fourth-order valence-corrected chi connectivity index (χ4v) is 2.56. The van der Waals surface area contributed by atoms with Crippen LogP contribution in [0.1, 0.15) is 5.56 Å². The van der Waals surface area contributed by atoms with Gasteiger partial charge in [0.1, 0.15) is 0 Å². The molecule has 0 spiro atoms. The maximum atomic E-state index is 4.48. The average Bonchev–Trinajstić information content (AvgIpc) is 2.95. The molecule has 0 saturated carbocycles. The molecular weight excluding hydrogens is 224 g/mol. The summed E-state index contributed by atoms with van der Waals surface area (Å²) in [6.45, 7) is 7.40. The molecule has 1 aromatic rings. The van der Waals surface area contributed by atoms with E-state index in [4.69, 9.17) is 0 Å². The Morgan fingerprint density at radius 2 is 1.83 bits per heavy atom. The maximum Gasteiger partial charge on any atom is 0.194 e. The predicted octanol–water partition coefficient (Wildman–Crippen LogP) is 0.763. The molecule has 1 fully saturated rings. The van der Waals surface area contributed by atoms with Gasteiger partial charge in [-0.3, -0.25) is 9.89 Å². The lowest BCUT2D eigenvalue weighted by Crippen LogP contribution is -2.51. The van der Waals surface area contributed by atoms with Crippen LogP contribution in [-0.4, -0.2) is 55.0 Å². The van der Waals surface area contributed by atoms with Crippen LogP contribution in [0.25, 0.3) is 0 Å². The van der Waals surface area contributed by atoms with Gasteiger partial charge in [0.2, 0.25) is 0 Å². The van der Waals surface area contributed by atoms with Crippen LogP contribution >= 0.6 is 0 Å². The highest BCUT2D eigenvalue weighted by molar-refractivity contribution is 5.81. The third-order valence-electron chi connectivity index (χ3n) is 3.58. The molecule has 1 N–H and O–H groups in total. The number of piperazine rings is 1. The zero-order valence-electron chi connectivity index (χ0n) is 10.7. The third kappa shape index (κ3) is 2.64. The van der Waals surface area contributed by atoms with Gasteiger partial charge in [-0.2, -0.15) is 0 Å². The molecule has 1 aromatic carbocycles. The van der Waals surface area contributed by atoms with Gasteiger partial charge in [-0.15, -0.1) is 0 Å². The zero-order chi connectivity index (χ0) is 12.2. The summed E-state index contributed by atoms with van der Waals surface area (Å²) in [5.41, 5.74) is 1.40. The number of hydrogen-bond donors (Lipinski definition) is 1. The highest BCUT2D eigenvalue weighted by Gasteiger charge is 2.20. The second kappa shape index (κ2) is 5.40. The van der Waals surface area contributed by atoms with Crippen molar-refractivity contribution < 1.29 is 0 Å². The largest absolute Gasteiger partial charge is 0.354 e. The maximum absolute atomic E-state index is 4.48. The first-order valence-corrected chi connectivity index (χ1v) is 6.71. The Kier molecular flexibility index (Phi) is 3.46. The Balaban J connectivity index is 1.51. The normalized spacial score (nSPS) is 20.7. The minimum Gasteiger partial charge on any atom is -0.354 e. The van der Waals surface area contributed by atoms with Crippen molar-refractivity contribution >= 4 is 5.96 Å². The molecule has 0 aromatic heterocycles. The molecule has 2 aliphatic rings. The zero-order valence-corrected chi connectivity index (χ0v) is 10.7. The van der Waals surface area contributed by atoms with E-state index in [0.29, 0.717) is 0 Å². The predicted molar refractivity (Wildman–Crippen MR) is 73.6 cm³/mol. The van der Waals surface area contributed by atoms with Crippen molar-refractivity contribution in [2.45, 2.75) is 6.54 Å². The second-order valence-electron chi connectivity index (χ2n) is 4.88. The number of benzene rings is 1. The van der Waals surface area contributed by atoms with Crippen molar-refractivity contribution in [1.82, 2.24) is 15.1 Å². The molecule has 4 nitrogen and oxygen atoms in total. The summed E-state index contributed by atoms with van der Waals surface area (Å²) in [6, 6.07) is 10.7. The number of nitrogens with zero attached hydrogens (tertiary/aromatic N) is 3. The smallest absolute Gasteiger partial charge is 0.194 e. The van der Waals surface area contributed by atoms with E-state index in [1.54, 1.807) is 0 Å². The number of rotatable bonds is 2. The van der Waals surface area contributed by atoms with E-state index < -0.39 is 0 Å². The summed E-state index contributed by atoms with van der Waals surface area (Å²) < 4.78 is 0. The van der Waals surface area contributed by atoms with E-state index >= 15 is 0 Å². The van der Waals surface area contributed by atoms with Gasteiger partial charge >= 0.3 is 0 Å². The number of guanidine groups is 1. The van der Waals surface area contributed by atoms with E-state index in [0.717, 1.165) is 51.8 Å². The van der Waals surface area contributed by atoms with Crippen LogP contribution in [0.2, 0.25) is 0 Å². The van der Waals surface area contributed by atoms with E-state index in [1.807, 2.05) is 0 Å². The molecule has 2 aliphatic heterocycles. The molecule has 0 radical (unpaired) electrons. The van der Waals surface area contributed by atoms with Gasteiger partial charge in [0.25, 0.3) is 0 Å². The average molecular weight is 244 g/mol. The van der Waals surface area contributed by atoms with Crippen LogP contribution < -0.4 is 5.32 Å². The molecule has 4 heteroatoms. The lowest BCUT2D eigenvalue weighted by molar-refractivity contribution is 0.173. The van der Waals surface area contributed by atoms with Crippen LogP contribution in [0.15, 0.2) is 35.3 Å². The quantitative estimate of drug-likeness (QED) is 0.833. The topological polar surface area (TPSA) is 30.9 Å². The first-order valence-electron chi connectivity index (χ1n) is 6.71. The molecule has 0 atom stereocenters. The Morgan fingerprint density at radius 1 is 1.06 bits per heavy atom. The van der Waals surface area contributed by atoms with E-state index in [9.17, 15) is 0 Å². The van der Waals surface area contributed by atoms with Crippen molar-refractivity contribution in [1.29, 1.82) is 0 Å². The number of nitrogens with one attached hydrogen (secondary N) is 1. The Morgan fingerprint density at radius 3 is 2.50 bits per heavy atom. The van der Waals surface area contributed by atoms with Crippen LogP contribution in [0.5, 0.6) is 0 Å². The van der Waals surface area contributed by atoms with Gasteiger partial charge in [0.05, 0.1) is 6.54 Å². The molecule has 3 rings (SSSR count). The van der Waals surface area contributed by atoms with Crippen molar-refractivity contribution in [3.8, 4) is 0 Å². The summed E-state index contributed by atoms with van der Waals surface area (Å²) in [5, 5.41) is 3.35. The lowest BCUT2D eigenvalue weighted by Gasteiger charge is -2.35. The Hall–Kier alpha value is -1.55. The van der Waals surface area contributed by atoms with Gasteiger partial charge in [-0.05, 0) is 5.56 Å². The van der Waals surface area contributed by atoms with Crippen molar-refractivity contribution in [2.75, 3.05) is 39.3 Å². The lowest BCUT2D eigenvalue weighted by atomic mass is 10.2. The Labute approximate surface area is 108 Å². The van der Waals surface area contributed by atoms with Gasteiger partial charge in [0.15, 0.2) is 5.96 Å². The third-order valence-corrected chi connectivity index (χ3v) is 3.58. The number of aliphatic imine (C=N–C) groups is 1. The molecule has 96 valence electrons. The first-order chi connectivity index (χ1) is 8.92. The molecular formula is C14H20N4. The fraction of sp³-hybridized carbons (Fsp3) is 0.500. The second-order valence-corrected chi connectivity index (χ2v) is 4.88. The highest BCUT2D eigenvalue weighted by atomic mass is 15.4. The fourth-order valence-electron chi connectivity index (χ4n) is 2.56. The SMILES string of the molecule is c1ccc(CN2CCN(C3=NCCN3)CC2)cc1. The monoisotopic (exact) mass is 244 g/mol. The summed E-state index contributed by atoms with van der Waals surface area (Å²) in [6.07, 6.45) is 0. The van der Waals surface area contributed by atoms with E-state index in [1.165, 1.54) is 5.56 Å². The van der Waals surface area contributed by atoms with Crippen LogP contribution in [0.3, 0.4) is 0 Å². The van der Waals surface area contributed by atoms with Crippen LogP contribution in [0.4, 0.5) is 0 Å². The van der Waals surface area contributed by atoms with E-state index in [-0.39, 0.29) is 0 Å². The van der Waals surface area contributed by atoms with E-state index in [2.05, 4.69) is 50.4 Å². The van der Waals surface area contributed by atoms with Crippen molar-refractivity contribution in [3.05, 3.63) is 35.9 Å². The molecule has 0 bridgehead atoms. The Bertz CT molecular complexity index is 407. The van der Waals surface area contributed by atoms with Gasteiger partial charge in [-0.25, -0.2) is 0 Å². The molecule has 0 amide bonds. The molecule has 0 aliphatic carbocycles. The summed E-state index contributed by atoms with van der Waals surface area (Å²) in [5.74, 6) is 1.11. The summed E-state index contributed by atoms with van der Waals surface area (Å²) >= 11 is 0. The molecule has 1 saturated heterocycles. The minimum atomic E-state index is 0.930. The van der Waals surface area contributed by atoms with Crippen molar-refractivity contribution in [3.63, 3.8) is 0 Å². The standard InChI is InChI=1S/C14H20N4/c1-2-4-13(5-3-1)12-17-8-10-18(11-9-17)14-15-6-7-16-14/h1-5H,6-12H2,(H,15,16). The summed E-state index contributed by atoms with van der Waals surface area (Å²) in [7, 11) is 0. The summed E-state index contributed by atoms with van der Waals surface area (Å²) in [4.78, 5) is 9.37. The number of hydrogen-bond acceptors (Lipinski definition) is 4.